The van der Waals surface area contributed by atoms with Crippen molar-refractivity contribution in [3.63, 3.8) is 0 Å². The summed E-state index contributed by atoms with van der Waals surface area (Å²) in [5.41, 5.74) is 7.55. The van der Waals surface area contributed by atoms with E-state index in [0.29, 0.717) is 22.6 Å². The monoisotopic (exact) mass is 414 g/mol. The molecule has 1 atom stereocenters. The third-order valence-electron chi connectivity index (χ3n) is 4.42. The van der Waals surface area contributed by atoms with Crippen molar-refractivity contribution in [2.24, 2.45) is 5.73 Å². The summed E-state index contributed by atoms with van der Waals surface area (Å²) in [4.78, 5) is -0.0760. The maximum atomic E-state index is 13.0. The molecule has 0 aromatic heterocycles. The summed E-state index contributed by atoms with van der Waals surface area (Å²) in [6, 6.07) is 17.9. The van der Waals surface area contributed by atoms with Gasteiger partial charge in [0.15, 0.2) is 15.6 Å². The van der Waals surface area contributed by atoms with E-state index < -0.39 is 15.8 Å². The van der Waals surface area contributed by atoms with Gasteiger partial charge < -0.3 is 10.5 Å². The molecule has 1 aliphatic rings. The van der Waals surface area contributed by atoms with Gasteiger partial charge in [-0.1, -0.05) is 61.0 Å². The Morgan fingerprint density at radius 2 is 1.79 bits per heavy atom. The van der Waals surface area contributed by atoms with Crippen molar-refractivity contribution in [2.75, 3.05) is 5.75 Å². The van der Waals surface area contributed by atoms with E-state index in [1.54, 1.807) is 55.5 Å². The lowest BCUT2D eigenvalue weighted by atomic mass is 9.87. The standard InChI is InChI=1S/C21H19ClN2O3S/c1-2-12-28(25,26)20-18(14-8-10-16(22)11-9-14)17(13-23)19(27-21(20)24)15-6-4-3-5-7-15/h3-11,18H,2,12,24H2,1H3/t18-/m0/s1. The molecular formula is C21H19ClN2O3S. The quantitative estimate of drug-likeness (QED) is 0.785. The van der Waals surface area contributed by atoms with Crippen molar-refractivity contribution in [1.29, 1.82) is 5.26 Å². The molecule has 0 fully saturated rings. The second kappa shape index (κ2) is 8.09. The summed E-state index contributed by atoms with van der Waals surface area (Å²) in [6.07, 6.45) is 0.420. The molecule has 3 rings (SSSR count). The van der Waals surface area contributed by atoms with Crippen molar-refractivity contribution in [3.8, 4) is 6.07 Å². The van der Waals surface area contributed by atoms with Gasteiger partial charge in [0.1, 0.15) is 4.91 Å². The molecule has 1 aliphatic heterocycles. The zero-order valence-electron chi connectivity index (χ0n) is 15.2. The van der Waals surface area contributed by atoms with Gasteiger partial charge in [-0.3, -0.25) is 0 Å². The van der Waals surface area contributed by atoms with Gasteiger partial charge in [-0.05, 0) is 24.1 Å². The van der Waals surface area contributed by atoms with E-state index in [2.05, 4.69) is 6.07 Å². The molecule has 0 bridgehead atoms. The normalized spacial score (nSPS) is 17.2. The van der Waals surface area contributed by atoms with Gasteiger partial charge in [0, 0.05) is 10.6 Å². The van der Waals surface area contributed by atoms with Crippen LogP contribution in [0.5, 0.6) is 0 Å². The molecular weight excluding hydrogens is 396 g/mol. The van der Waals surface area contributed by atoms with Gasteiger partial charge in [0.2, 0.25) is 5.88 Å². The lowest BCUT2D eigenvalue weighted by molar-refractivity contribution is 0.358. The Morgan fingerprint density at radius 3 is 2.36 bits per heavy atom. The summed E-state index contributed by atoms with van der Waals surface area (Å²) in [6.45, 7) is 1.77. The largest absolute Gasteiger partial charge is 0.439 e. The number of ether oxygens (including phenoxy) is 1. The highest BCUT2D eigenvalue weighted by Gasteiger charge is 2.39. The molecule has 0 saturated heterocycles. The van der Waals surface area contributed by atoms with Crippen LogP contribution in [0.1, 0.15) is 30.4 Å². The molecule has 0 radical (unpaired) electrons. The Labute approximate surface area is 169 Å². The molecule has 1 heterocycles. The number of hydrogen-bond acceptors (Lipinski definition) is 5. The predicted molar refractivity (Wildman–Crippen MR) is 110 cm³/mol. The van der Waals surface area contributed by atoms with Gasteiger partial charge in [-0.15, -0.1) is 0 Å². The van der Waals surface area contributed by atoms with Crippen molar-refractivity contribution in [1.82, 2.24) is 0 Å². The van der Waals surface area contributed by atoms with Crippen LogP contribution < -0.4 is 5.73 Å². The van der Waals surface area contributed by atoms with Gasteiger partial charge in [0.05, 0.1) is 23.3 Å². The fourth-order valence-corrected chi connectivity index (χ4v) is 5.07. The minimum atomic E-state index is -3.73. The van der Waals surface area contributed by atoms with Crippen LogP contribution in [-0.4, -0.2) is 14.2 Å². The SMILES string of the molecule is CCCS(=O)(=O)C1=C(N)OC(c2ccccc2)=C(C#N)[C@@H]1c1ccc(Cl)cc1. The summed E-state index contributed by atoms with van der Waals surface area (Å²) in [5, 5.41) is 10.4. The number of halogens is 1. The second-order valence-electron chi connectivity index (χ2n) is 6.35. The molecule has 0 aliphatic carbocycles. The van der Waals surface area contributed by atoms with Gasteiger partial charge in [-0.25, -0.2) is 8.42 Å². The first-order valence-corrected chi connectivity index (χ1v) is 10.8. The molecule has 28 heavy (non-hydrogen) atoms. The Balaban J connectivity index is 2.28. The Hall–Kier alpha value is -2.75. The molecule has 144 valence electrons. The summed E-state index contributed by atoms with van der Waals surface area (Å²) < 4.78 is 31.7. The molecule has 5 nitrogen and oxygen atoms in total. The molecule has 0 unspecified atom stereocenters. The number of allylic oxidation sites excluding steroid dienone is 2. The first-order valence-electron chi connectivity index (χ1n) is 8.74. The highest BCUT2D eigenvalue weighted by atomic mass is 35.5. The summed E-state index contributed by atoms with van der Waals surface area (Å²) in [5.74, 6) is -0.888. The average Bonchev–Trinajstić information content (AvgIpc) is 2.68. The minimum absolute atomic E-state index is 0.0760. The van der Waals surface area contributed by atoms with E-state index >= 15 is 0 Å². The van der Waals surface area contributed by atoms with Crippen molar-refractivity contribution in [2.45, 2.75) is 19.3 Å². The first-order chi connectivity index (χ1) is 13.4. The number of nitrogens with two attached hydrogens (primary N) is 1. The number of sulfone groups is 1. The maximum absolute atomic E-state index is 13.0. The number of nitriles is 1. The van der Waals surface area contributed by atoms with Crippen LogP contribution in [0.4, 0.5) is 0 Å². The number of hydrogen-bond donors (Lipinski definition) is 1. The van der Waals surface area contributed by atoms with Crippen LogP contribution in [0.3, 0.4) is 0 Å². The fourth-order valence-electron chi connectivity index (χ4n) is 3.22. The second-order valence-corrected chi connectivity index (χ2v) is 8.87. The van der Waals surface area contributed by atoms with Gasteiger partial charge >= 0.3 is 0 Å². The van der Waals surface area contributed by atoms with Crippen LogP contribution >= 0.6 is 11.6 Å². The number of nitrogens with zero attached hydrogens (tertiary/aromatic N) is 1. The molecule has 2 aromatic rings. The molecule has 2 aromatic carbocycles. The average molecular weight is 415 g/mol. The van der Waals surface area contributed by atoms with Gasteiger partial charge in [-0.2, -0.15) is 5.26 Å². The Morgan fingerprint density at radius 1 is 1.14 bits per heavy atom. The Kier molecular flexibility index (Phi) is 5.78. The first kappa shape index (κ1) is 20.0. The zero-order valence-corrected chi connectivity index (χ0v) is 16.8. The van der Waals surface area contributed by atoms with E-state index in [0.717, 1.165) is 0 Å². The van der Waals surface area contributed by atoms with E-state index in [9.17, 15) is 13.7 Å². The third-order valence-corrected chi connectivity index (χ3v) is 6.72. The fraction of sp³-hybridized carbons (Fsp3) is 0.190. The third kappa shape index (κ3) is 3.77. The molecule has 0 spiro atoms. The van der Waals surface area contributed by atoms with E-state index in [4.69, 9.17) is 22.1 Å². The number of rotatable bonds is 5. The topological polar surface area (TPSA) is 93.2 Å². The van der Waals surface area contributed by atoms with Crippen LogP contribution in [0.25, 0.3) is 5.76 Å². The van der Waals surface area contributed by atoms with E-state index in [1.165, 1.54) is 0 Å². The highest BCUT2D eigenvalue weighted by Crippen LogP contribution is 2.44. The van der Waals surface area contributed by atoms with Crippen molar-refractivity contribution >= 4 is 27.2 Å². The van der Waals surface area contributed by atoms with Crippen molar-refractivity contribution < 1.29 is 13.2 Å². The van der Waals surface area contributed by atoms with Gasteiger partial charge in [0.25, 0.3) is 0 Å². The highest BCUT2D eigenvalue weighted by molar-refractivity contribution is 7.95. The van der Waals surface area contributed by atoms with E-state index in [1.807, 2.05) is 6.07 Å². The van der Waals surface area contributed by atoms with Crippen LogP contribution in [0, 0.1) is 11.3 Å². The van der Waals surface area contributed by atoms with Crippen LogP contribution in [0.2, 0.25) is 5.02 Å². The molecule has 0 amide bonds. The smallest absolute Gasteiger partial charge is 0.206 e. The van der Waals surface area contributed by atoms with Crippen LogP contribution in [0.15, 0.2) is 71.0 Å². The Bertz CT molecular complexity index is 1080. The number of benzene rings is 2. The molecule has 0 saturated carbocycles. The summed E-state index contributed by atoms with van der Waals surface area (Å²) in [7, 11) is -3.73. The molecule has 7 heteroatoms. The maximum Gasteiger partial charge on any atom is 0.206 e. The minimum Gasteiger partial charge on any atom is -0.439 e. The van der Waals surface area contributed by atoms with Crippen molar-refractivity contribution in [3.05, 3.63) is 87.1 Å². The predicted octanol–water partition coefficient (Wildman–Crippen LogP) is 4.34. The zero-order chi connectivity index (χ0) is 20.3. The molecule has 2 N–H and O–H groups in total. The lowest BCUT2D eigenvalue weighted by Crippen LogP contribution is -2.26. The lowest BCUT2D eigenvalue weighted by Gasteiger charge is -2.29. The van der Waals surface area contributed by atoms with Crippen LogP contribution in [-0.2, 0) is 14.6 Å². The summed E-state index contributed by atoms with van der Waals surface area (Å²) >= 11 is 5.99. The van der Waals surface area contributed by atoms with E-state index in [-0.39, 0.29) is 27.9 Å².